The molecule has 0 saturated carbocycles. The van der Waals surface area contributed by atoms with Crippen molar-refractivity contribution in [1.29, 1.82) is 0 Å². The molecule has 0 spiro atoms. The van der Waals surface area contributed by atoms with Crippen LogP contribution in [0, 0.1) is 0 Å². The Morgan fingerprint density at radius 2 is 1.76 bits per heavy atom. The van der Waals surface area contributed by atoms with Gasteiger partial charge in [-0.15, -0.1) is 0 Å². The number of aliphatic hydroxyl groups excluding tert-OH is 1. The molecule has 4 rings (SSSR count). The van der Waals surface area contributed by atoms with Crippen molar-refractivity contribution in [1.82, 2.24) is 15.3 Å². The van der Waals surface area contributed by atoms with Crippen LogP contribution in [-0.4, -0.2) is 41.9 Å². The summed E-state index contributed by atoms with van der Waals surface area (Å²) < 4.78 is 17.5. The van der Waals surface area contributed by atoms with Crippen LogP contribution in [0.25, 0.3) is 22.2 Å². The number of fused-ring (bicyclic) bond motifs is 1. The number of nitrogens with zero attached hydrogens (tertiary/aromatic N) is 1. The second-order valence-corrected chi connectivity index (χ2v) is 7.72. The molecule has 7 nitrogen and oxygen atoms in total. The van der Waals surface area contributed by atoms with E-state index in [9.17, 15) is 5.11 Å². The number of ether oxygens (including phenoxy) is 3. The number of hydrogen-bond donors (Lipinski definition) is 3. The van der Waals surface area contributed by atoms with Crippen molar-refractivity contribution in [2.45, 2.75) is 25.7 Å². The van der Waals surface area contributed by atoms with Crippen LogP contribution in [0.5, 0.6) is 17.2 Å². The van der Waals surface area contributed by atoms with Gasteiger partial charge in [0, 0.05) is 34.4 Å². The van der Waals surface area contributed by atoms with E-state index in [1.807, 2.05) is 49.4 Å². The normalized spacial score (nSPS) is 14.0. The summed E-state index contributed by atoms with van der Waals surface area (Å²) in [5.74, 6) is 1.84. The Morgan fingerprint density at radius 1 is 1.03 bits per heavy atom. The van der Waals surface area contributed by atoms with Crippen LogP contribution < -0.4 is 19.5 Å². The Morgan fingerprint density at radius 3 is 2.42 bits per heavy atom. The van der Waals surface area contributed by atoms with Crippen LogP contribution in [0.1, 0.15) is 19.4 Å². The predicted octanol–water partition coefficient (Wildman–Crippen LogP) is 4.47. The molecule has 0 saturated heterocycles. The van der Waals surface area contributed by atoms with Crippen LogP contribution in [-0.2, 0) is 5.72 Å². The molecule has 0 fully saturated rings. The van der Waals surface area contributed by atoms with E-state index in [2.05, 4.69) is 15.3 Å². The number of rotatable bonds is 9. The van der Waals surface area contributed by atoms with Crippen molar-refractivity contribution >= 4 is 10.9 Å². The number of methoxy groups -OCH3 is 2. The first-order chi connectivity index (χ1) is 16.0. The smallest absolute Gasteiger partial charge is 0.215 e. The number of aliphatic hydroxyl groups is 1. The summed E-state index contributed by atoms with van der Waals surface area (Å²) in [6.45, 7) is 4.28. The number of nitrogens with one attached hydrogen (secondary N) is 2. The minimum Gasteiger partial charge on any atom is -0.493 e. The summed E-state index contributed by atoms with van der Waals surface area (Å²) in [4.78, 5) is 7.62. The second-order valence-electron chi connectivity index (χ2n) is 7.72. The Bertz CT molecular complexity index is 1220. The van der Waals surface area contributed by atoms with Gasteiger partial charge in [0.25, 0.3) is 0 Å². The summed E-state index contributed by atoms with van der Waals surface area (Å²) in [7, 11) is 3.22. The molecule has 33 heavy (non-hydrogen) atoms. The Kier molecular flexibility index (Phi) is 6.53. The third-order valence-electron chi connectivity index (χ3n) is 5.71. The number of aromatic amines is 1. The quantitative estimate of drug-likeness (QED) is 0.328. The van der Waals surface area contributed by atoms with E-state index in [4.69, 9.17) is 14.2 Å². The fourth-order valence-corrected chi connectivity index (χ4v) is 4.21. The average molecular weight is 448 g/mol. The lowest BCUT2D eigenvalue weighted by atomic mass is 9.91. The Balaban J connectivity index is 2.01. The number of benzene rings is 2. The lowest BCUT2D eigenvalue weighted by Crippen LogP contribution is -2.55. The van der Waals surface area contributed by atoms with Crippen LogP contribution >= 0.6 is 0 Å². The molecule has 2 aromatic carbocycles. The van der Waals surface area contributed by atoms with Crippen molar-refractivity contribution in [3.8, 4) is 28.5 Å². The Hall–Kier alpha value is -3.55. The molecular weight excluding hydrogens is 418 g/mol. The molecule has 3 N–H and O–H groups in total. The zero-order valence-electron chi connectivity index (χ0n) is 19.3. The highest BCUT2D eigenvalue weighted by molar-refractivity contribution is 5.92. The average Bonchev–Trinajstić information content (AvgIpc) is 3.24. The van der Waals surface area contributed by atoms with Crippen molar-refractivity contribution in [2.24, 2.45) is 0 Å². The largest absolute Gasteiger partial charge is 0.493 e. The Labute approximate surface area is 193 Å². The number of para-hydroxylation sites is 1. The van der Waals surface area contributed by atoms with E-state index in [0.717, 1.165) is 27.7 Å². The van der Waals surface area contributed by atoms with Crippen molar-refractivity contribution in [3.05, 3.63) is 72.6 Å². The topological polar surface area (TPSA) is 88.6 Å². The fourth-order valence-electron chi connectivity index (χ4n) is 4.21. The predicted molar refractivity (Wildman–Crippen MR) is 129 cm³/mol. The van der Waals surface area contributed by atoms with Crippen LogP contribution in [0.4, 0.5) is 0 Å². The summed E-state index contributed by atoms with van der Waals surface area (Å²) in [6.07, 6.45) is 2.43. The van der Waals surface area contributed by atoms with Gasteiger partial charge in [0.2, 0.25) is 5.72 Å². The molecule has 4 aromatic rings. The van der Waals surface area contributed by atoms with Gasteiger partial charge in [-0.25, -0.2) is 0 Å². The van der Waals surface area contributed by atoms with Gasteiger partial charge in [-0.3, -0.25) is 10.3 Å². The molecule has 2 atom stereocenters. The van der Waals surface area contributed by atoms with Gasteiger partial charge < -0.3 is 24.3 Å². The van der Waals surface area contributed by atoms with E-state index in [0.29, 0.717) is 23.8 Å². The molecule has 0 aliphatic heterocycles. The highest BCUT2D eigenvalue weighted by Crippen LogP contribution is 2.42. The summed E-state index contributed by atoms with van der Waals surface area (Å²) in [6, 6.07) is 17.3. The highest BCUT2D eigenvalue weighted by Gasteiger charge is 2.43. The minimum absolute atomic E-state index is 0.570. The van der Waals surface area contributed by atoms with Gasteiger partial charge in [0.05, 0.1) is 19.9 Å². The van der Waals surface area contributed by atoms with E-state index >= 15 is 0 Å². The first-order valence-electron chi connectivity index (χ1n) is 10.9. The van der Waals surface area contributed by atoms with Gasteiger partial charge in [0.15, 0.2) is 11.5 Å². The summed E-state index contributed by atoms with van der Waals surface area (Å²) >= 11 is 0. The van der Waals surface area contributed by atoms with Crippen LogP contribution in [0.3, 0.4) is 0 Å². The number of hydrogen-bond acceptors (Lipinski definition) is 6. The maximum absolute atomic E-state index is 11.2. The zero-order chi connectivity index (χ0) is 23.4. The number of H-pyrrole nitrogens is 1. The molecular formula is C26H29N3O4. The SMILES string of the molecule is CCNC(Oc1ccncc1)(c1c(-c2ccc(OC)c(OC)c2)[nH]c2ccccc12)C(C)O. The molecule has 0 bridgehead atoms. The first-order valence-corrected chi connectivity index (χ1v) is 10.9. The summed E-state index contributed by atoms with van der Waals surface area (Å²) in [5, 5.41) is 15.6. The van der Waals surface area contributed by atoms with E-state index in [-0.39, 0.29) is 0 Å². The van der Waals surface area contributed by atoms with Crippen LogP contribution in [0.2, 0.25) is 0 Å². The lowest BCUT2D eigenvalue weighted by Gasteiger charge is -2.38. The number of aromatic nitrogens is 2. The molecule has 7 heteroatoms. The second kappa shape index (κ2) is 9.52. The monoisotopic (exact) mass is 447 g/mol. The lowest BCUT2D eigenvalue weighted by molar-refractivity contribution is -0.0734. The standard InChI is InChI=1S/C26H29N3O4/c1-5-28-26(17(2)30,33-19-12-14-27-15-13-19)24-20-8-6-7-9-21(20)29-25(24)18-10-11-22(31-3)23(16-18)32-4/h6-17,28-30H,5H2,1-4H3. The van der Waals surface area contributed by atoms with Gasteiger partial charge in [0.1, 0.15) is 11.9 Å². The third-order valence-corrected chi connectivity index (χ3v) is 5.71. The highest BCUT2D eigenvalue weighted by atomic mass is 16.5. The minimum atomic E-state index is -1.24. The molecule has 0 radical (unpaired) electrons. The molecule has 0 amide bonds. The van der Waals surface area contributed by atoms with Crippen molar-refractivity contribution in [2.75, 3.05) is 20.8 Å². The molecule has 0 aliphatic carbocycles. The third kappa shape index (κ3) is 4.13. The molecule has 2 aromatic heterocycles. The van der Waals surface area contributed by atoms with Gasteiger partial charge >= 0.3 is 0 Å². The van der Waals surface area contributed by atoms with Gasteiger partial charge in [-0.1, -0.05) is 25.1 Å². The number of pyridine rings is 1. The zero-order valence-corrected chi connectivity index (χ0v) is 19.3. The van der Waals surface area contributed by atoms with E-state index in [1.165, 1.54) is 0 Å². The van der Waals surface area contributed by atoms with Crippen molar-refractivity contribution in [3.63, 3.8) is 0 Å². The van der Waals surface area contributed by atoms with Gasteiger partial charge in [-0.05, 0) is 49.9 Å². The fraction of sp³-hybridized carbons (Fsp3) is 0.269. The molecule has 0 aliphatic rings. The summed E-state index contributed by atoms with van der Waals surface area (Å²) in [5.41, 5.74) is 2.18. The number of likely N-dealkylation sites (N-methyl/N-ethyl adjacent to an activating group) is 1. The van der Waals surface area contributed by atoms with Gasteiger partial charge in [-0.2, -0.15) is 0 Å². The van der Waals surface area contributed by atoms with Crippen molar-refractivity contribution < 1.29 is 19.3 Å². The first kappa shape index (κ1) is 22.6. The maximum Gasteiger partial charge on any atom is 0.215 e. The molecule has 2 unspecified atom stereocenters. The maximum atomic E-state index is 11.2. The van der Waals surface area contributed by atoms with E-state index < -0.39 is 11.8 Å². The van der Waals surface area contributed by atoms with Crippen LogP contribution in [0.15, 0.2) is 67.0 Å². The van der Waals surface area contributed by atoms with E-state index in [1.54, 1.807) is 45.7 Å². The molecule has 172 valence electrons. The molecule has 2 heterocycles.